The molecule has 0 bridgehead atoms. The van der Waals surface area contributed by atoms with Gasteiger partial charge in [0.2, 0.25) is 5.76 Å². The minimum Gasteiger partial charge on any atom is -0.450 e. The Kier molecular flexibility index (Phi) is 4.99. The number of nitriles is 1. The maximum atomic E-state index is 12.5. The maximum absolute atomic E-state index is 12.5. The van der Waals surface area contributed by atoms with Crippen LogP contribution in [-0.2, 0) is 9.53 Å². The van der Waals surface area contributed by atoms with Crippen LogP contribution in [0.1, 0.15) is 48.2 Å². The second-order valence-electron chi connectivity index (χ2n) is 6.79. The summed E-state index contributed by atoms with van der Waals surface area (Å²) in [4.78, 5) is 26.2. The Morgan fingerprint density at radius 3 is 2.62 bits per heavy atom. The molecule has 1 saturated carbocycles. The fraction of sp³-hybridized carbons (Fsp3) is 0.450. The van der Waals surface area contributed by atoms with Gasteiger partial charge in [0, 0.05) is 18.0 Å². The Labute approximate surface area is 152 Å². The number of furan rings is 1. The Morgan fingerprint density at radius 2 is 1.96 bits per heavy atom. The van der Waals surface area contributed by atoms with Gasteiger partial charge in [0.1, 0.15) is 11.1 Å². The molecule has 1 aromatic heterocycles. The molecule has 1 fully saturated rings. The van der Waals surface area contributed by atoms with Crippen LogP contribution in [0.2, 0.25) is 0 Å². The maximum Gasteiger partial charge on any atom is 0.375 e. The summed E-state index contributed by atoms with van der Waals surface area (Å²) in [6, 6.07) is 9.62. The number of hydrogen-bond acceptors (Lipinski definition) is 5. The summed E-state index contributed by atoms with van der Waals surface area (Å²) in [5.74, 6) is -0.944. The van der Waals surface area contributed by atoms with E-state index in [1.165, 1.54) is 4.90 Å². The molecule has 0 spiro atoms. The molecule has 0 unspecified atom stereocenters. The molecule has 6 nitrogen and oxygen atoms in total. The number of carbonyl (C=O) groups excluding carboxylic acids is 2. The van der Waals surface area contributed by atoms with E-state index in [-0.39, 0.29) is 11.7 Å². The van der Waals surface area contributed by atoms with Gasteiger partial charge >= 0.3 is 5.97 Å². The fourth-order valence-corrected chi connectivity index (χ4v) is 3.56. The number of fused-ring (bicyclic) bond motifs is 1. The van der Waals surface area contributed by atoms with Crippen molar-refractivity contribution in [3.63, 3.8) is 0 Å². The van der Waals surface area contributed by atoms with Crippen LogP contribution in [0.5, 0.6) is 0 Å². The fourth-order valence-electron chi connectivity index (χ4n) is 3.56. The number of hydrogen-bond donors (Lipinski definition) is 0. The first kappa shape index (κ1) is 18.0. The molecule has 0 radical (unpaired) electrons. The van der Waals surface area contributed by atoms with E-state index in [1.54, 1.807) is 20.0 Å². The van der Waals surface area contributed by atoms with E-state index in [4.69, 9.17) is 9.15 Å². The van der Waals surface area contributed by atoms with E-state index in [0.29, 0.717) is 24.0 Å². The van der Waals surface area contributed by atoms with E-state index in [2.05, 4.69) is 6.07 Å². The van der Waals surface area contributed by atoms with Crippen LogP contribution in [-0.4, -0.2) is 36.0 Å². The zero-order chi connectivity index (χ0) is 18.7. The molecule has 26 heavy (non-hydrogen) atoms. The van der Waals surface area contributed by atoms with Gasteiger partial charge < -0.3 is 14.1 Å². The minimum absolute atomic E-state index is 0.106. The summed E-state index contributed by atoms with van der Waals surface area (Å²) in [5.41, 5.74) is 0.495. The number of nitrogens with zero attached hydrogens (tertiary/aromatic N) is 2. The zero-order valence-electron chi connectivity index (χ0n) is 15.1. The van der Waals surface area contributed by atoms with Crippen LogP contribution in [0.15, 0.2) is 28.7 Å². The van der Waals surface area contributed by atoms with Crippen LogP contribution in [0.4, 0.5) is 0 Å². The van der Waals surface area contributed by atoms with E-state index in [0.717, 1.165) is 24.6 Å². The third-order valence-corrected chi connectivity index (χ3v) is 5.26. The standard InChI is InChI=1S/C20H22N2O4/c1-14-15-8-4-5-9-16(15)26-18(14)19(24)25-12-17(23)22(2)20(13-21)10-6-3-7-11-20/h4-5,8-9H,3,6-7,10-12H2,1-2H3. The van der Waals surface area contributed by atoms with Crippen molar-refractivity contribution >= 4 is 22.8 Å². The zero-order valence-corrected chi connectivity index (χ0v) is 15.1. The van der Waals surface area contributed by atoms with Gasteiger partial charge in [-0.3, -0.25) is 4.79 Å². The van der Waals surface area contributed by atoms with E-state index < -0.39 is 18.1 Å². The average molecular weight is 354 g/mol. The lowest BCUT2D eigenvalue weighted by molar-refractivity contribution is -0.138. The lowest BCUT2D eigenvalue weighted by Crippen LogP contribution is -2.51. The predicted octanol–water partition coefficient (Wildman–Crippen LogP) is 3.58. The van der Waals surface area contributed by atoms with Crippen LogP contribution in [0.25, 0.3) is 11.0 Å². The largest absolute Gasteiger partial charge is 0.450 e. The van der Waals surface area contributed by atoms with Gasteiger partial charge in [-0.1, -0.05) is 37.5 Å². The molecule has 1 aliphatic carbocycles. The van der Waals surface area contributed by atoms with Crippen molar-refractivity contribution in [2.45, 2.75) is 44.6 Å². The van der Waals surface area contributed by atoms with Crippen LogP contribution >= 0.6 is 0 Å². The lowest BCUT2D eigenvalue weighted by atomic mass is 9.81. The van der Waals surface area contributed by atoms with Crippen molar-refractivity contribution in [3.8, 4) is 6.07 Å². The van der Waals surface area contributed by atoms with Crippen molar-refractivity contribution in [3.05, 3.63) is 35.6 Å². The van der Waals surface area contributed by atoms with Crippen molar-refractivity contribution in [1.29, 1.82) is 5.26 Å². The van der Waals surface area contributed by atoms with E-state index in [9.17, 15) is 14.9 Å². The molecule has 0 saturated heterocycles. The second-order valence-corrected chi connectivity index (χ2v) is 6.79. The number of ether oxygens (including phenoxy) is 1. The second kappa shape index (κ2) is 7.20. The average Bonchev–Trinajstić information content (AvgIpc) is 3.02. The highest BCUT2D eigenvalue weighted by molar-refractivity contribution is 5.96. The molecule has 6 heteroatoms. The minimum atomic E-state index is -0.795. The highest BCUT2D eigenvalue weighted by Gasteiger charge is 2.39. The Balaban J connectivity index is 1.67. The molecule has 0 N–H and O–H groups in total. The molecule has 0 atom stereocenters. The highest BCUT2D eigenvalue weighted by atomic mass is 16.5. The summed E-state index contributed by atoms with van der Waals surface area (Å²) < 4.78 is 10.7. The number of likely N-dealkylation sites (N-methyl/N-ethyl adjacent to an activating group) is 1. The Morgan fingerprint density at radius 1 is 1.27 bits per heavy atom. The van der Waals surface area contributed by atoms with Crippen molar-refractivity contribution < 1.29 is 18.7 Å². The molecule has 1 amide bonds. The molecule has 0 aliphatic heterocycles. The van der Waals surface area contributed by atoms with E-state index in [1.807, 2.05) is 18.2 Å². The quantitative estimate of drug-likeness (QED) is 0.784. The van der Waals surface area contributed by atoms with Crippen LogP contribution in [0.3, 0.4) is 0 Å². The topological polar surface area (TPSA) is 83.5 Å². The number of benzene rings is 1. The van der Waals surface area contributed by atoms with Gasteiger partial charge in [-0.15, -0.1) is 0 Å². The van der Waals surface area contributed by atoms with Crippen LogP contribution in [0, 0.1) is 18.3 Å². The van der Waals surface area contributed by atoms with Gasteiger partial charge in [-0.25, -0.2) is 4.79 Å². The highest BCUT2D eigenvalue weighted by Crippen LogP contribution is 2.32. The molecule has 1 heterocycles. The van der Waals surface area contributed by atoms with Crippen molar-refractivity contribution in [2.75, 3.05) is 13.7 Å². The lowest BCUT2D eigenvalue weighted by Gasteiger charge is -2.38. The molecular formula is C20H22N2O4. The molecule has 1 aromatic carbocycles. The third-order valence-electron chi connectivity index (χ3n) is 5.26. The number of carbonyl (C=O) groups is 2. The Hall–Kier alpha value is -2.81. The molecular weight excluding hydrogens is 332 g/mol. The first-order chi connectivity index (χ1) is 12.5. The van der Waals surface area contributed by atoms with Crippen molar-refractivity contribution in [2.24, 2.45) is 0 Å². The van der Waals surface area contributed by atoms with Gasteiger partial charge in [0.15, 0.2) is 6.61 Å². The first-order valence-corrected chi connectivity index (χ1v) is 8.82. The van der Waals surface area contributed by atoms with Gasteiger partial charge in [-0.05, 0) is 25.8 Å². The van der Waals surface area contributed by atoms with Crippen LogP contribution < -0.4 is 0 Å². The monoisotopic (exact) mass is 354 g/mol. The Bertz CT molecular complexity index is 872. The van der Waals surface area contributed by atoms with Crippen molar-refractivity contribution in [1.82, 2.24) is 4.90 Å². The number of para-hydroxylation sites is 1. The predicted molar refractivity (Wildman–Crippen MR) is 95.4 cm³/mol. The van der Waals surface area contributed by atoms with Gasteiger partial charge in [-0.2, -0.15) is 5.26 Å². The third kappa shape index (κ3) is 3.17. The molecule has 3 rings (SSSR count). The summed E-state index contributed by atoms with van der Waals surface area (Å²) >= 11 is 0. The number of rotatable bonds is 4. The molecule has 136 valence electrons. The number of esters is 1. The summed E-state index contributed by atoms with van der Waals surface area (Å²) in [6.07, 6.45) is 4.23. The molecule has 1 aliphatic rings. The summed E-state index contributed by atoms with van der Waals surface area (Å²) in [7, 11) is 1.61. The van der Waals surface area contributed by atoms with Gasteiger partial charge in [0.05, 0.1) is 6.07 Å². The summed E-state index contributed by atoms with van der Waals surface area (Å²) in [5, 5.41) is 10.4. The summed E-state index contributed by atoms with van der Waals surface area (Å²) in [6.45, 7) is 1.37. The first-order valence-electron chi connectivity index (χ1n) is 8.82. The smallest absolute Gasteiger partial charge is 0.375 e. The normalized spacial score (nSPS) is 16.0. The van der Waals surface area contributed by atoms with Gasteiger partial charge in [0.25, 0.3) is 5.91 Å². The van der Waals surface area contributed by atoms with E-state index >= 15 is 0 Å². The number of amides is 1. The molecule has 2 aromatic rings. The number of aryl methyl sites for hydroxylation is 1. The SMILES string of the molecule is Cc1c(C(=O)OCC(=O)N(C)C2(C#N)CCCCC2)oc2ccccc12.